The van der Waals surface area contributed by atoms with Gasteiger partial charge in [-0.05, 0) is 39.1 Å². The Morgan fingerprint density at radius 3 is 2.00 bits per heavy atom. The minimum atomic E-state index is -1.01. The molecule has 0 spiro atoms. The smallest absolute Gasteiger partial charge is 0.182 e. The lowest BCUT2D eigenvalue weighted by Crippen LogP contribution is -2.49. The first kappa shape index (κ1) is 16.1. The highest BCUT2D eigenvalue weighted by Crippen LogP contribution is 2.21. The number of hydrogen-bond donors (Lipinski definition) is 0. The summed E-state index contributed by atoms with van der Waals surface area (Å²) in [7, 11) is -1.01. The van der Waals surface area contributed by atoms with Gasteiger partial charge in [-0.3, -0.25) is 13.9 Å². The topological polar surface area (TPSA) is 37.4 Å². The highest BCUT2D eigenvalue weighted by Gasteiger charge is 2.33. The van der Waals surface area contributed by atoms with Gasteiger partial charge in [-0.1, -0.05) is 26.0 Å². The fraction of sp³-hybridized carbons (Fsp3) is 0.533. The Morgan fingerprint density at radius 2 is 1.63 bits per heavy atom. The second kappa shape index (κ2) is 6.44. The minimum absolute atomic E-state index is 0.102. The molecule has 1 aromatic carbocycles. The quantitative estimate of drug-likeness (QED) is 0.752. The van der Waals surface area contributed by atoms with Crippen LogP contribution in [0.25, 0.3) is 0 Å². The molecule has 0 saturated heterocycles. The Bertz CT molecular complexity index is 462. The van der Waals surface area contributed by atoms with Gasteiger partial charge in [-0.2, -0.15) is 0 Å². The summed E-state index contributed by atoms with van der Waals surface area (Å²) < 4.78 is 11.3. The number of likely N-dealkylation sites (N-methyl/N-ethyl adjacent to an activating group) is 1. The van der Waals surface area contributed by atoms with Crippen LogP contribution in [0.2, 0.25) is 0 Å². The van der Waals surface area contributed by atoms with Crippen molar-refractivity contribution < 1.29 is 9.00 Å². The molecule has 0 radical (unpaired) electrons. The molecule has 1 atom stereocenters. The number of Topliss-reactive ketones (excluding diaryl/α,β-unsaturated/α-hetero) is 1. The Labute approximate surface area is 118 Å². The van der Waals surface area contributed by atoms with Crippen molar-refractivity contribution in [2.24, 2.45) is 0 Å². The van der Waals surface area contributed by atoms with Gasteiger partial charge in [0.2, 0.25) is 0 Å². The summed E-state index contributed by atoms with van der Waals surface area (Å²) in [6.45, 7) is 9.70. The van der Waals surface area contributed by atoms with Crippen LogP contribution in [-0.4, -0.2) is 39.8 Å². The van der Waals surface area contributed by atoms with E-state index in [-0.39, 0.29) is 5.78 Å². The molecule has 0 aliphatic rings. The molecule has 0 bridgehead atoms. The molecule has 0 saturated carbocycles. The maximum atomic E-state index is 12.6. The van der Waals surface area contributed by atoms with Crippen LogP contribution in [-0.2, 0) is 10.8 Å². The van der Waals surface area contributed by atoms with E-state index in [1.807, 2.05) is 13.8 Å². The SMILES string of the molecule is CCN(CC)C(C)(C)C(=O)c1ccc(S(C)=O)cc1. The van der Waals surface area contributed by atoms with Crippen molar-refractivity contribution in [3.63, 3.8) is 0 Å². The van der Waals surface area contributed by atoms with E-state index in [2.05, 4.69) is 18.7 Å². The highest BCUT2D eigenvalue weighted by molar-refractivity contribution is 7.84. The number of carbonyl (C=O) groups is 1. The van der Waals surface area contributed by atoms with Crippen LogP contribution >= 0.6 is 0 Å². The summed E-state index contributed by atoms with van der Waals surface area (Å²) in [5.74, 6) is 0.102. The number of hydrogen-bond acceptors (Lipinski definition) is 3. The van der Waals surface area contributed by atoms with Gasteiger partial charge in [0.15, 0.2) is 5.78 Å². The first-order valence-corrected chi connectivity index (χ1v) is 8.13. The van der Waals surface area contributed by atoms with Crippen LogP contribution in [0.1, 0.15) is 38.1 Å². The van der Waals surface area contributed by atoms with E-state index >= 15 is 0 Å². The maximum Gasteiger partial charge on any atom is 0.182 e. The number of benzene rings is 1. The largest absolute Gasteiger partial charge is 0.292 e. The molecular weight excluding hydrogens is 258 g/mol. The van der Waals surface area contributed by atoms with E-state index in [1.54, 1.807) is 30.5 Å². The van der Waals surface area contributed by atoms with Gasteiger partial charge in [0, 0.05) is 27.5 Å². The van der Waals surface area contributed by atoms with Gasteiger partial charge in [0.25, 0.3) is 0 Å². The first-order valence-electron chi connectivity index (χ1n) is 6.57. The van der Waals surface area contributed by atoms with Gasteiger partial charge in [0.05, 0.1) is 5.54 Å². The van der Waals surface area contributed by atoms with Crippen LogP contribution in [0.3, 0.4) is 0 Å². The van der Waals surface area contributed by atoms with E-state index in [1.165, 1.54) is 0 Å². The molecule has 19 heavy (non-hydrogen) atoms. The van der Waals surface area contributed by atoms with Crippen LogP contribution in [0.5, 0.6) is 0 Å². The van der Waals surface area contributed by atoms with E-state index in [4.69, 9.17) is 0 Å². The van der Waals surface area contributed by atoms with E-state index in [0.29, 0.717) is 5.56 Å². The number of nitrogens with zero attached hydrogens (tertiary/aromatic N) is 1. The Hall–Kier alpha value is -1.00. The fourth-order valence-corrected chi connectivity index (χ4v) is 2.83. The highest BCUT2D eigenvalue weighted by atomic mass is 32.2. The summed E-state index contributed by atoms with van der Waals surface area (Å²) in [5.41, 5.74) is 0.155. The van der Waals surface area contributed by atoms with Gasteiger partial charge in [0.1, 0.15) is 0 Å². The third-order valence-corrected chi connectivity index (χ3v) is 4.49. The van der Waals surface area contributed by atoms with Gasteiger partial charge in [-0.15, -0.1) is 0 Å². The Morgan fingerprint density at radius 1 is 1.16 bits per heavy atom. The molecule has 4 heteroatoms. The van der Waals surface area contributed by atoms with Crippen LogP contribution in [0.15, 0.2) is 29.2 Å². The lowest BCUT2D eigenvalue weighted by molar-refractivity contribution is 0.0668. The molecule has 0 aliphatic carbocycles. The minimum Gasteiger partial charge on any atom is -0.292 e. The molecule has 0 amide bonds. The molecule has 0 heterocycles. The molecule has 1 unspecified atom stereocenters. The molecule has 0 fully saturated rings. The molecule has 0 aliphatic heterocycles. The van der Waals surface area contributed by atoms with Gasteiger partial charge >= 0.3 is 0 Å². The molecule has 0 aromatic heterocycles. The van der Waals surface area contributed by atoms with Crippen molar-refractivity contribution in [3.8, 4) is 0 Å². The van der Waals surface area contributed by atoms with Gasteiger partial charge < -0.3 is 0 Å². The predicted octanol–water partition coefficient (Wildman–Crippen LogP) is 2.73. The lowest BCUT2D eigenvalue weighted by atomic mass is 9.91. The zero-order chi connectivity index (χ0) is 14.6. The Balaban J connectivity index is 3.02. The zero-order valence-electron chi connectivity index (χ0n) is 12.4. The fourth-order valence-electron chi connectivity index (χ4n) is 2.31. The first-order chi connectivity index (χ1) is 8.84. The molecular formula is C15H23NO2S. The third kappa shape index (κ3) is 3.51. The standard InChI is InChI=1S/C15H23NO2S/c1-6-16(7-2)15(3,4)14(17)12-8-10-13(11-9-12)19(5)18/h8-11H,6-7H2,1-5H3. The maximum absolute atomic E-state index is 12.6. The van der Waals surface area contributed by atoms with Crippen LogP contribution < -0.4 is 0 Å². The van der Waals surface area contributed by atoms with Crippen molar-refractivity contribution in [1.82, 2.24) is 4.90 Å². The summed E-state index contributed by atoms with van der Waals surface area (Å²) >= 11 is 0. The molecule has 106 valence electrons. The number of ketones is 1. The van der Waals surface area contributed by atoms with E-state index in [0.717, 1.165) is 18.0 Å². The average Bonchev–Trinajstić information content (AvgIpc) is 2.39. The van der Waals surface area contributed by atoms with Crippen molar-refractivity contribution >= 4 is 16.6 Å². The van der Waals surface area contributed by atoms with Crippen molar-refractivity contribution in [3.05, 3.63) is 29.8 Å². The summed E-state index contributed by atoms with van der Waals surface area (Å²) in [5, 5.41) is 0. The van der Waals surface area contributed by atoms with Crippen LogP contribution in [0.4, 0.5) is 0 Å². The van der Waals surface area contributed by atoms with Crippen molar-refractivity contribution in [2.75, 3.05) is 19.3 Å². The summed E-state index contributed by atoms with van der Waals surface area (Å²) in [6.07, 6.45) is 1.64. The monoisotopic (exact) mass is 281 g/mol. The molecule has 3 nitrogen and oxygen atoms in total. The second-order valence-corrected chi connectivity index (χ2v) is 6.42. The second-order valence-electron chi connectivity index (χ2n) is 5.04. The van der Waals surface area contributed by atoms with Gasteiger partial charge in [-0.25, -0.2) is 0 Å². The van der Waals surface area contributed by atoms with Crippen molar-refractivity contribution in [2.45, 2.75) is 38.1 Å². The predicted molar refractivity (Wildman–Crippen MR) is 80.1 cm³/mol. The van der Waals surface area contributed by atoms with Crippen molar-refractivity contribution in [1.29, 1.82) is 0 Å². The van der Waals surface area contributed by atoms with Crippen LogP contribution in [0, 0.1) is 0 Å². The normalized spacial score (nSPS) is 13.6. The number of carbonyl (C=O) groups excluding carboxylic acids is 1. The third-order valence-electron chi connectivity index (χ3n) is 3.56. The zero-order valence-corrected chi connectivity index (χ0v) is 13.2. The molecule has 1 rings (SSSR count). The Kier molecular flexibility index (Phi) is 5.44. The van der Waals surface area contributed by atoms with E-state index in [9.17, 15) is 9.00 Å². The summed E-state index contributed by atoms with van der Waals surface area (Å²) in [6, 6.07) is 7.07. The van der Waals surface area contributed by atoms with E-state index < -0.39 is 16.3 Å². The summed E-state index contributed by atoms with van der Waals surface area (Å²) in [4.78, 5) is 15.5. The average molecular weight is 281 g/mol. The molecule has 1 aromatic rings. The lowest BCUT2D eigenvalue weighted by Gasteiger charge is -2.35. The number of rotatable bonds is 6. The molecule has 0 N–H and O–H groups in total.